The highest BCUT2D eigenvalue weighted by Crippen LogP contribution is 2.48. The van der Waals surface area contributed by atoms with Gasteiger partial charge in [0.25, 0.3) is 0 Å². The highest BCUT2D eigenvalue weighted by molar-refractivity contribution is 5.98. The Hall–Kier alpha value is -5.21. The van der Waals surface area contributed by atoms with Crippen molar-refractivity contribution in [2.45, 2.75) is 49.7 Å². The standard InChI is InChI=1S/C36H33F2N3O9/c37-27-10-22(40-13-24(15-42)50-35(40)45)8-9-29(27)49-19-36(46)12-23-17-47-33-30-25(11-28(38)31(33)41(23)18-36)32(43)26(14-39(30)21-6-7-21)34(44)48-16-20-4-2-1-3-5-20/h1-5,8-11,14,21,23-24,42,46H,6-7,12-13,15-19H2/t23-,24+,36-/m0/s1. The van der Waals surface area contributed by atoms with E-state index in [0.717, 1.165) is 30.5 Å². The van der Waals surface area contributed by atoms with E-state index in [1.54, 1.807) is 21.6 Å². The summed E-state index contributed by atoms with van der Waals surface area (Å²) >= 11 is 0. The van der Waals surface area contributed by atoms with Crippen molar-refractivity contribution >= 4 is 34.3 Å². The van der Waals surface area contributed by atoms with E-state index in [4.69, 9.17) is 18.9 Å². The summed E-state index contributed by atoms with van der Waals surface area (Å²) in [6, 6.07) is 13.6. The summed E-state index contributed by atoms with van der Waals surface area (Å²) in [7, 11) is 0. The molecule has 2 saturated heterocycles. The van der Waals surface area contributed by atoms with Crippen molar-refractivity contribution in [2.24, 2.45) is 0 Å². The zero-order chi connectivity index (χ0) is 34.7. The number of aliphatic hydroxyl groups excluding tert-OH is 1. The van der Waals surface area contributed by atoms with Crippen molar-refractivity contribution in [3.05, 3.63) is 93.8 Å². The molecule has 1 saturated carbocycles. The van der Waals surface area contributed by atoms with Crippen molar-refractivity contribution in [2.75, 3.05) is 42.7 Å². The number of ether oxygens (including phenoxy) is 4. The Kier molecular flexibility index (Phi) is 7.87. The third kappa shape index (κ3) is 5.67. The van der Waals surface area contributed by atoms with Gasteiger partial charge in [-0.15, -0.1) is 0 Å². The van der Waals surface area contributed by atoms with Crippen LogP contribution in [0.5, 0.6) is 11.5 Å². The minimum Gasteiger partial charge on any atom is -0.487 e. The van der Waals surface area contributed by atoms with Crippen LogP contribution in [0.2, 0.25) is 0 Å². The number of hydrogen-bond donors (Lipinski definition) is 2. The maximum atomic E-state index is 16.1. The number of fused-ring (bicyclic) bond motifs is 5. The molecule has 4 heterocycles. The fourth-order valence-electron chi connectivity index (χ4n) is 7.00. The van der Waals surface area contributed by atoms with Crippen LogP contribution in [0.15, 0.2) is 65.6 Å². The van der Waals surface area contributed by atoms with Crippen LogP contribution >= 0.6 is 0 Å². The Morgan fingerprint density at radius 3 is 2.56 bits per heavy atom. The number of hydrogen-bond acceptors (Lipinski definition) is 10. The molecule has 50 heavy (non-hydrogen) atoms. The molecule has 0 bridgehead atoms. The molecule has 0 unspecified atom stereocenters. The van der Waals surface area contributed by atoms with Gasteiger partial charge in [-0.05, 0) is 36.6 Å². The number of carbonyl (C=O) groups is 2. The first-order valence-corrected chi connectivity index (χ1v) is 16.4. The number of pyridine rings is 1. The van der Waals surface area contributed by atoms with Crippen molar-refractivity contribution in [1.82, 2.24) is 4.57 Å². The van der Waals surface area contributed by atoms with Gasteiger partial charge in [-0.1, -0.05) is 30.3 Å². The number of rotatable bonds is 9. The molecule has 0 spiro atoms. The predicted octanol–water partition coefficient (Wildman–Crippen LogP) is 4.07. The quantitative estimate of drug-likeness (QED) is 0.247. The van der Waals surface area contributed by atoms with E-state index in [0.29, 0.717) is 5.52 Å². The Labute approximate surface area is 283 Å². The molecule has 4 aliphatic rings. The summed E-state index contributed by atoms with van der Waals surface area (Å²) in [5.41, 5.74) is -0.940. The first-order chi connectivity index (χ1) is 24.1. The van der Waals surface area contributed by atoms with Crippen molar-refractivity contribution in [3.8, 4) is 11.5 Å². The van der Waals surface area contributed by atoms with Gasteiger partial charge < -0.3 is 38.6 Å². The first kappa shape index (κ1) is 32.0. The van der Waals surface area contributed by atoms with Crippen LogP contribution in [-0.4, -0.2) is 77.5 Å². The smallest absolute Gasteiger partial charge is 0.414 e. The summed E-state index contributed by atoms with van der Waals surface area (Å²) in [5, 5.41) is 20.9. The number of nitrogens with zero attached hydrogens (tertiary/aromatic N) is 3. The molecule has 4 aromatic rings. The van der Waals surface area contributed by atoms with Crippen LogP contribution in [0, 0.1) is 11.6 Å². The van der Waals surface area contributed by atoms with Crippen molar-refractivity contribution in [3.63, 3.8) is 0 Å². The summed E-state index contributed by atoms with van der Waals surface area (Å²) in [5.74, 6) is -2.32. The number of carbonyl (C=O) groups excluding carboxylic acids is 2. The average molecular weight is 690 g/mol. The molecule has 1 amide bonds. The SMILES string of the molecule is O=C(OCc1ccccc1)c1cn(C2CC2)c2c3c(c(F)cc2c1=O)N1C[C@](O)(COc2ccc(N4C[C@H](CO)OC4=O)cc2F)C[C@H]1CO3. The Morgan fingerprint density at radius 2 is 1.84 bits per heavy atom. The number of aromatic nitrogens is 1. The van der Waals surface area contributed by atoms with E-state index < -0.39 is 46.9 Å². The van der Waals surface area contributed by atoms with Crippen LogP contribution < -0.4 is 24.7 Å². The number of cyclic esters (lactones) is 1. The van der Waals surface area contributed by atoms with Gasteiger partial charge in [0.2, 0.25) is 5.43 Å². The van der Waals surface area contributed by atoms with E-state index in [1.165, 1.54) is 23.2 Å². The van der Waals surface area contributed by atoms with Gasteiger partial charge >= 0.3 is 12.1 Å². The molecule has 14 heteroatoms. The monoisotopic (exact) mass is 689 g/mol. The minimum atomic E-state index is -1.52. The maximum Gasteiger partial charge on any atom is 0.414 e. The molecule has 12 nitrogen and oxygen atoms in total. The molecule has 3 atom stereocenters. The topological polar surface area (TPSA) is 140 Å². The summed E-state index contributed by atoms with van der Waals surface area (Å²) in [6.07, 6.45) is 1.79. The van der Waals surface area contributed by atoms with Crippen LogP contribution in [0.1, 0.15) is 41.2 Å². The molecule has 3 fully saturated rings. The molecule has 1 aliphatic carbocycles. The highest BCUT2D eigenvalue weighted by Gasteiger charge is 2.48. The fourth-order valence-corrected chi connectivity index (χ4v) is 7.00. The number of esters is 1. The van der Waals surface area contributed by atoms with Gasteiger partial charge in [0.1, 0.15) is 42.8 Å². The lowest BCUT2D eigenvalue weighted by atomic mass is 10.0. The van der Waals surface area contributed by atoms with E-state index in [1.807, 2.05) is 18.2 Å². The number of aliphatic hydroxyl groups is 2. The molecular formula is C36H33F2N3O9. The Morgan fingerprint density at radius 1 is 1.04 bits per heavy atom. The zero-order valence-electron chi connectivity index (χ0n) is 26.7. The Bertz CT molecular complexity index is 2070. The number of anilines is 2. The molecule has 2 N–H and O–H groups in total. The van der Waals surface area contributed by atoms with Crippen molar-refractivity contribution in [1.29, 1.82) is 0 Å². The second-order valence-corrected chi connectivity index (χ2v) is 13.2. The molecule has 1 aromatic heterocycles. The second kappa shape index (κ2) is 12.3. The molecule has 3 aliphatic heterocycles. The van der Waals surface area contributed by atoms with Gasteiger partial charge in [-0.2, -0.15) is 0 Å². The summed E-state index contributed by atoms with van der Waals surface area (Å²) in [4.78, 5) is 41.8. The third-order valence-electron chi connectivity index (χ3n) is 9.60. The normalized spacial score (nSPS) is 22.6. The molecule has 260 valence electrons. The molecule has 0 radical (unpaired) electrons. The lowest BCUT2D eigenvalue weighted by molar-refractivity contribution is 0.00980. The number of amides is 1. The average Bonchev–Trinajstić information content (AvgIpc) is 3.80. The molecule has 8 rings (SSSR count). The minimum absolute atomic E-state index is 0.00782. The third-order valence-corrected chi connectivity index (χ3v) is 9.60. The number of halogens is 2. The lowest BCUT2D eigenvalue weighted by Crippen LogP contribution is -2.41. The maximum absolute atomic E-state index is 16.1. The predicted molar refractivity (Wildman–Crippen MR) is 175 cm³/mol. The van der Waals surface area contributed by atoms with Gasteiger partial charge in [-0.25, -0.2) is 18.4 Å². The van der Waals surface area contributed by atoms with Crippen LogP contribution in [0.4, 0.5) is 25.0 Å². The second-order valence-electron chi connectivity index (χ2n) is 13.2. The van der Waals surface area contributed by atoms with Crippen LogP contribution in [0.25, 0.3) is 10.9 Å². The van der Waals surface area contributed by atoms with Crippen molar-refractivity contribution < 1.29 is 47.5 Å². The van der Waals surface area contributed by atoms with Gasteiger partial charge in [0.15, 0.2) is 23.1 Å². The lowest BCUT2D eigenvalue weighted by Gasteiger charge is -2.34. The van der Waals surface area contributed by atoms with Crippen LogP contribution in [-0.2, 0) is 16.1 Å². The number of benzene rings is 3. The highest BCUT2D eigenvalue weighted by atomic mass is 19.1. The van der Waals surface area contributed by atoms with Gasteiger partial charge in [-0.3, -0.25) is 9.69 Å². The van der Waals surface area contributed by atoms with E-state index >= 15 is 8.78 Å². The molecule has 3 aromatic carbocycles. The van der Waals surface area contributed by atoms with Crippen LogP contribution in [0.3, 0.4) is 0 Å². The fraction of sp³-hybridized carbons (Fsp3) is 0.361. The van der Waals surface area contributed by atoms with Gasteiger partial charge in [0.05, 0.1) is 42.3 Å². The van der Waals surface area contributed by atoms with E-state index in [9.17, 15) is 24.6 Å². The Balaban J connectivity index is 1.04. The first-order valence-electron chi connectivity index (χ1n) is 16.4. The summed E-state index contributed by atoms with van der Waals surface area (Å²) < 4.78 is 55.3. The summed E-state index contributed by atoms with van der Waals surface area (Å²) in [6.45, 7) is -0.608. The van der Waals surface area contributed by atoms with E-state index in [-0.39, 0.29) is 85.8 Å². The van der Waals surface area contributed by atoms with E-state index in [2.05, 4.69) is 0 Å². The van der Waals surface area contributed by atoms with Gasteiger partial charge in [0, 0.05) is 24.7 Å². The largest absolute Gasteiger partial charge is 0.487 e. The molecular weight excluding hydrogens is 656 g/mol. The zero-order valence-corrected chi connectivity index (χ0v) is 26.7.